The lowest BCUT2D eigenvalue weighted by Crippen LogP contribution is -2.50. The Hall–Kier alpha value is -4.66. The van der Waals surface area contributed by atoms with Crippen LogP contribution < -0.4 is 10.1 Å². The third-order valence-corrected chi connectivity index (χ3v) is 7.28. The van der Waals surface area contributed by atoms with Crippen molar-refractivity contribution in [3.05, 3.63) is 111 Å². The number of nitro benzene ring substituents is 1. The van der Waals surface area contributed by atoms with Gasteiger partial charge in [-0.15, -0.1) is 0 Å². The maximum absolute atomic E-state index is 13.3. The van der Waals surface area contributed by atoms with Crippen LogP contribution >= 0.6 is 0 Å². The van der Waals surface area contributed by atoms with Crippen LogP contribution in [0.4, 0.5) is 10.5 Å². The minimum atomic E-state index is -0.461. The van der Waals surface area contributed by atoms with Gasteiger partial charge in [0.15, 0.2) is 0 Å². The van der Waals surface area contributed by atoms with Crippen molar-refractivity contribution in [2.45, 2.75) is 44.5 Å². The number of hydrogen-bond acceptors (Lipinski definition) is 6. The molecule has 1 saturated heterocycles. The number of nitro groups is 1. The Morgan fingerprint density at radius 3 is 2.36 bits per heavy atom. The lowest BCUT2D eigenvalue weighted by molar-refractivity contribution is -0.384. The molecule has 2 atom stereocenters. The van der Waals surface area contributed by atoms with Gasteiger partial charge in [0.1, 0.15) is 12.4 Å². The molecule has 0 saturated carbocycles. The van der Waals surface area contributed by atoms with Crippen LogP contribution in [0.25, 0.3) is 5.57 Å². The van der Waals surface area contributed by atoms with E-state index in [2.05, 4.69) is 5.32 Å². The van der Waals surface area contributed by atoms with E-state index in [4.69, 9.17) is 9.47 Å². The molecule has 5 rings (SSSR count). The summed E-state index contributed by atoms with van der Waals surface area (Å²) in [6, 6.07) is 22.9. The van der Waals surface area contributed by atoms with Crippen molar-refractivity contribution in [1.29, 1.82) is 0 Å². The molecule has 200 valence electrons. The van der Waals surface area contributed by atoms with Gasteiger partial charge in [-0.25, -0.2) is 9.59 Å². The number of fused-ring (bicyclic) bond motifs is 2. The molecule has 0 aliphatic carbocycles. The van der Waals surface area contributed by atoms with E-state index in [1.807, 2.05) is 54.6 Å². The molecule has 9 nitrogen and oxygen atoms in total. The SMILES string of the molecule is COC(=O)C1=C(c2ccc(OCc3ccccc3)cc2)C[C@@H]2CC[C@H]1N2C(=O)NCc1ccc([N+](=O)[O-])cc1. The topological polar surface area (TPSA) is 111 Å². The number of hydrogen-bond donors (Lipinski definition) is 1. The van der Waals surface area contributed by atoms with Crippen molar-refractivity contribution < 1.29 is 24.0 Å². The van der Waals surface area contributed by atoms with Gasteiger partial charge in [-0.05, 0) is 53.7 Å². The summed E-state index contributed by atoms with van der Waals surface area (Å²) in [4.78, 5) is 38.4. The number of carbonyl (C=O) groups excluding carboxylic acids is 2. The molecule has 3 aromatic carbocycles. The third-order valence-electron chi connectivity index (χ3n) is 7.28. The van der Waals surface area contributed by atoms with Crippen LogP contribution in [0.2, 0.25) is 0 Å². The molecule has 2 aliphatic heterocycles. The molecule has 0 aromatic heterocycles. The van der Waals surface area contributed by atoms with Crippen molar-refractivity contribution in [2.24, 2.45) is 0 Å². The number of amides is 2. The van der Waals surface area contributed by atoms with Crippen molar-refractivity contribution >= 4 is 23.3 Å². The number of rotatable bonds is 8. The Kier molecular flexibility index (Phi) is 7.58. The minimum Gasteiger partial charge on any atom is -0.489 e. The number of methoxy groups -OCH3 is 1. The quantitative estimate of drug-likeness (QED) is 0.243. The predicted octanol–water partition coefficient (Wildman–Crippen LogP) is 5.25. The average molecular weight is 528 g/mol. The van der Waals surface area contributed by atoms with Crippen molar-refractivity contribution in [3.8, 4) is 5.75 Å². The van der Waals surface area contributed by atoms with E-state index in [9.17, 15) is 19.7 Å². The second-order valence-electron chi connectivity index (χ2n) is 9.62. The fraction of sp³-hybridized carbons (Fsp3) is 0.267. The third kappa shape index (κ3) is 5.62. The van der Waals surface area contributed by atoms with Crippen molar-refractivity contribution in [1.82, 2.24) is 10.2 Å². The summed E-state index contributed by atoms with van der Waals surface area (Å²) in [6.45, 7) is 0.686. The normalized spacial score (nSPS) is 18.0. The zero-order valence-electron chi connectivity index (χ0n) is 21.5. The molecule has 2 aliphatic rings. The van der Waals surface area contributed by atoms with E-state index >= 15 is 0 Å². The second-order valence-corrected chi connectivity index (χ2v) is 9.62. The number of non-ortho nitro benzene ring substituents is 1. The van der Waals surface area contributed by atoms with Crippen LogP contribution in [0.15, 0.2) is 84.4 Å². The fourth-order valence-electron chi connectivity index (χ4n) is 5.36. The summed E-state index contributed by atoms with van der Waals surface area (Å²) in [6.07, 6.45) is 1.98. The summed E-state index contributed by atoms with van der Waals surface area (Å²) >= 11 is 0. The minimum absolute atomic E-state index is 0.00433. The molecule has 0 unspecified atom stereocenters. The maximum Gasteiger partial charge on any atom is 0.336 e. The van der Waals surface area contributed by atoms with Gasteiger partial charge in [0.05, 0.1) is 23.6 Å². The molecule has 9 heteroatoms. The van der Waals surface area contributed by atoms with Crippen LogP contribution in [-0.2, 0) is 22.7 Å². The highest BCUT2D eigenvalue weighted by atomic mass is 16.6. The highest BCUT2D eigenvalue weighted by Crippen LogP contribution is 2.43. The molecule has 39 heavy (non-hydrogen) atoms. The number of ether oxygens (including phenoxy) is 2. The molecule has 2 amide bonds. The van der Waals surface area contributed by atoms with Gasteiger partial charge in [0, 0.05) is 24.7 Å². The van der Waals surface area contributed by atoms with Crippen LogP contribution in [0.3, 0.4) is 0 Å². The highest BCUT2D eigenvalue weighted by Gasteiger charge is 2.46. The number of carbonyl (C=O) groups is 2. The first-order valence-corrected chi connectivity index (χ1v) is 12.8. The van der Waals surface area contributed by atoms with E-state index in [-0.39, 0.29) is 24.3 Å². The van der Waals surface area contributed by atoms with E-state index in [0.717, 1.165) is 34.4 Å². The Balaban J connectivity index is 1.31. The number of esters is 1. The zero-order valence-corrected chi connectivity index (χ0v) is 21.5. The molecule has 2 bridgehead atoms. The standard InChI is InChI=1S/C30H29N3O6/c1-38-29(34)28-26(22-9-14-25(15-10-22)39-19-21-5-3-2-4-6-21)17-24-13-16-27(28)32(24)30(35)31-18-20-7-11-23(12-8-20)33(36)37/h2-12,14-15,24,27H,13,16-19H2,1H3,(H,31,35)/t24-,27+/m0/s1. The number of nitrogens with zero attached hydrogens (tertiary/aromatic N) is 2. The summed E-state index contributed by atoms with van der Waals surface area (Å²) in [5.41, 5.74) is 4.13. The lowest BCUT2D eigenvalue weighted by atomic mass is 9.88. The Bertz CT molecular complexity index is 1390. The van der Waals surface area contributed by atoms with Crippen LogP contribution in [0.1, 0.15) is 36.0 Å². The Morgan fingerprint density at radius 1 is 0.974 bits per heavy atom. The van der Waals surface area contributed by atoms with Crippen molar-refractivity contribution in [2.75, 3.05) is 7.11 Å². The number of urea groups is 1. The molecule has 1 fully saturated rings. The smallest absolute Gasteiger partial charge is 0.336 e. The molecule has 0 spiro atoms. The molecule has 0 radical (unpaired) electrons. The Morgan fingerprint density at radius 2 is 1.69 bits per heavy atom. The van der Waals surface area contributed by atoms with E-state index in [1.165, 1.54) is 19.2 Å². The van der Waals surface area contributed by atoms with Gasteiger partial charge in [-0.2, -0.15) is 0 Å². The summed E-state index contributed by atoms with van der Waals surface area (Å²) in [7, 11) is 1.35. The molecular formula is C30H29N3O6. The van der Waals surface area contributed by atoms with Crippen LogP contribution in [-0.4, -0.2) is 41.0 Å². The highest BCUT2D eigenvalue weighted by molar-refractivity contribution is 6.01. The molecule has 3 aromatic rings. The van der Waals surface area contributed by atoms with Gasteiger partial charge >= 0.3 is 12.0 Å². The zero-order chi connectivity index (χ0) is 27.4. The molecular weight excluding hydrogens is 498 g/mol. The largest absolute Gasteiger partial charge is 0.489 e. The first-order chi connectivity index (χ1) is 18.9. The Labute approximate surface area is 226 Å². The lowest BCUT2D eigenvalue weighted by Gasteiger charge is -2.37. The first kappa shape index (κ1) is 26.0. The van der Waals surface area contributed by atoms with Gasteiger partial charge in [-0.3, -0.25) is 10.1 Å². The monoisotopic (exact) mass is 527 g/mol. The first-order valence-electron chi connectivity index (χ1n) is 12.8. The second kappa shape index (κ2) is 11.4. The maximum atomic E-state index is 13.3. The van der Waals surface area contributed by atoms with Gasteiger partial charge in [0.25, 0.3) is 5.69 Å². The van der Waals surface area contributed by atoms with E-state index in [0.29, 0.717) is 25.0 Å². The summed E-state index contributed by atoms with van der Waals surface area (Å²) in [5, 5.41) is 13.8. The summed E-state index contributed by atoms with van der Waals surface area (Å²) in [5.74, 6) is 0.293. The molecule has 2 heterocycles. The average Bonchev–Trinajstić information content (AvgIpc) is 3.28. The van der Waals surface area contributed by atoms with E-state index < -0.39 is 16.9 Å². The van der Waals surface area contributed by atoms with Crippen molar-refractivity contribution in [3.63, 3.8) is 0 Å². The van der Waals surface area contributed by atoms with Gasteiger partial charge in [-0.1, -0.05) is 54.6 Å². The van der Waals surface area contributed by atoms with Gasteiger partial charge < -0.3 is 19.7 Å². The fourth-order valence-corrected chi connectivity index (χ4v) is 5.36. The van der Waals surface area contributed by atoms with Crippen LogP contribution in [0, 0.1) is 10.1 Å². The number of benzene rings is 3. The summed E-state index contributed by atoms with van der Waals surface area (Å²) < 4.78 is 11.1. The van der Waals surface area contributed by atoms with E-state index in [1.54, 1.807) is 17.0 Å². The predicted molar refractivity (Wildman–Crippen MR) is 145 cm³/mol. The van der Waals surface area contributed by atoms with Gasteiger partial charge in [0.2, 0.25) is 0 Å². The number of nitrogens with one attached hydrogen (secondary N) is 1. The molecule has 1 N–H and O–H groups in total. The van der Waals surface area contributed by atoms with Crippen LogP contribution in [0.5, 0.6) is 5.75 Å².